The largest absolute Gasteiger partial charge is 0.464 e. The standard InChI is InChI=1S/C22H33N3O3/c1-27-21(26)20-19(25(24-23-20)18-6-4-2-3-5-7-18)14-28-22-11-15-8-16(12-22)10-17(9-15)13-22/h15-18H,2-14H2,1H3. The maximum absolute atomic E-state index is 12.3. The number of methoxy groups -OCH3 is 1. The molecule has 0 aliphatic heterocycles. The summed E-state index contributed by atoms with van der Waals surface area (Å²) in [5.41, 5.74) is 1.19. The van der Waals surface area contributed by atoms with Crippen LogP contribution in [0.25, 0.3) is 0 Å². The molecule has 5 fully saturated rings. The summed E-state index contributed by atoms with van der Waals surface area (Å²) in [6.07, 6.45) is 15.0. The predicted molar refractivity (Wildman–Crippen MR) is 104 cm³/mol. The molecular weight excluding hydrogens is 354 g/mol. The van der Waals surface area contributed by atoms with Crippen molar-refractivity contribution in [3.05, 3.63) is 11.4 Å². The van der Waals surface area contributed by atoms with Crippen LogP contribution in [-0.4, -0.2) is 33.7 Å². The van der Waals surface area contributed by atoms with Crippen molar-refractivity contribution in [1.82, 2.24) is 15.0 Å². The summed E-state index contributed by atoms with van der Waals surface area (Å²) in [5, 5.41) is 8.62. The van der Waals surface area contributed by atoms with Crippen LogP contribution in [-0.2, 0) is 16.1 Å². The number of ether oxygens (including phenoxy) is 2. The summed E-state index contributed by atoms with van der Waals surface area (Å²) in [7, 11) is 1.41. The van der Waals surface area contributed by atoms with Crippen LogP contribution in [0.5, 0.6) is 0 Å². The van der Waals surface area contributed by atoms with Gasteiger partial charge >= 0.3 is 5.97 Å². The molecule has 6 heteroatoms. The molecule has 28 heavy (non-hydrogen) atoms. The average molecular weight is 388 g/mol. The maximum atomic E-state index is 12.3. The highest BCUT2D eigenvalue weighted by Crippen LogP contribution is 2.57. The lowest BCUT2D eigenvalue weighted by molar-refractivity contribution is -0.170. The van der Waals surface area contributed by atoms with E-state index in [1.54, 1.807) is 0 Å². The third kappa shape index (κ3) is 3.38. The van der Waals surface area contributed by atoms with Crippen molar-refractivity contribution in [3.8, 4) is 0 Å². The van der Waals surface area contributed by atoms with Gasteiger partial charge < -0.3 is 9.47 Å². The Hall–Kier alpha value is -1.43. The molecule has 1 aromatic heterocycles. The summed E-state index contributed by atoms with van der Waals surface area (Å²) in [4.78, 5) is 12.3. The Kier molecular flexibility index (Phi) is 4.93. The van der Waals surface area contributed by atoms with Crippen molar-refractivity contribution in [1.29, 1.82) is 0 Å². The molecular formula is C22H33N3O3. The van der Waals surface area contributed by atoms with Gasteiger partial charge in [-0.05, 0) is 69.1 Å². The summed E-state index contributed by atoms with van der Waals surface area (Å²) in [6.45, 7) is 0.431. The number of nitrogens with zero attached hydrogens (tertiary/aromatic N) is 3. The first kappa shape index (κ1) is 18.6. The fourth-order valence-electron chi connectivity index (χ4n) is 6.93. The first-order valence-corrected chi connectivity index (χ1v) is 11.3. The molecule has 0 N–H and O–H groups in total. The Balaban J connectivity index is 1.38. The Morgan fingerprint density at radius 2 is 1.64 bits per heavy atom. The first-order valence-electron chi connectivity index (χ1n) is 11.3. The van der Waals surface area contributed by atoms with Gasteiger partial charge in [-0.25, -0.2) is 9.48 Å². The highest BCUT2D eigenvalue weighted by Gasteiger charge is 2.51. The highest BCUT2D eigenvalue weighted by molar-refractivity contribution is 5.88. The van der Waals surface area contributed by atoms with Gasteiger partial charge in [-0.2, -0.15) is 0 Å². The Morgan fingerprint density at radius 1 is 1.04 bits per heavy atom. The number of hydrogen-bond acceptors (Lipinski definition) is 5. The Morgan fingerprint density at radius 3 is 2.21 bits per heavy atom. The second kappa shape index (κ2) is 7.43. The zero-order valence-electron chi connectivity index (χ0n) is 17.1. The molecule has 6 nitrogen and oxygen atoms in total. The fraction of sp³-hybridized carbons (Fsp3) is 0.864. The van der Waals surface area contributed by atoms with E-state index < -0.39 is 5.97 Å². The van der Waals surface area contributed by atoms with Gasteiger partial charge in [0.2, 0.25) is 0 Å². The number of carbonyl (C=O) groups excluding carboxylic acids is 1. The molecule has 1 aromatic rings. The van der Waals surface area contributed by atoms with Crippen molar-refractivity contribution >= 4 is 5.97 Å². The van der Waals surface area contributed by atoms with Gasteiger partial charge in [0.1, 0.15) is 0 Å². The van der Waals surface area contributed by atoms with E-state index in [0.717, 1.165) is 36.3 Å². The molecule has 0 aromatic carbocycles. The number of esters is 1. The molecule has 6 rings (SSSR count). The zero-order chi connectivity index (χ0) is 19.1. The van der Waals surface area contributed by atoms with Crippen LogP contribution in [0.3, 0.4) is 0 Å². The van der Waals surface area contributed by atoms with E-state index in [-0.39, 0.29) is 5.60 Å². The number of rotatable bonds is 5. The highest BCUT2D eigenvalue weighted by atomic mass is 16.5. The van der Waals surface area contributed by atoms with Gasteiger partial charge in [0.15, 0.2) is 5.69 Å². The van der Waals surface area contributed by atoms with Crippen molar-refractivity contribution in [3.63, 3.8) is 0 Å². The van der Waals surface area contributed by atoms with E-state index in [9.17, 15) is 4.79 Å². The third-order valence-corrected chi connectivity index (χ3v) is 7.84. The first-order chi connectivity index (χ1) is 13.7. The van der Waals surface area contributed by atoms with Crippen LogP contribution in [0.1, 0.15) is 99.3 Å². The van der Waals surface area contributed by atoms with Gasteiger partial charge in [0.25, 0.3) is 0 Å². The third-order valence-electron chi connectivity index (χ3n) is 7.84. The van der Waals surface area contributed by atoms with E-state index >= 15 is 0 Å². The molecule has 0 amide bonds. The van der Waals surface area contributed by atoms with Crippen molar-refractivity contribution in [2.24, 2.45) is 17.8 Å². The molecule has 0 saturated heterocycles. The van der Waals surface area contributed by atoms with Crippen molar-refractivity contribution < 1.29 is 14.3 Å². The zero-order valence-corrected chi connectivity index (χ0v) is 17.1. The van der Waals surface area contributed by atoms with E-state index in [0.29, 0.717) is 18.3 Å². The van der Waals surface area contributed by atoms with Crippen LogP contribution in [0.15, 0.2) is 0 Å². The molecule has 0 radical (unpaired) electrons. The Bertz CT molecular complexity index is 685. The number of carbonyl (C=O) groups is 1. The smallest absolute Gasteiger partial charge is 0.360 e. The second-order valence-corrected chi connectivity index (χ2v) is 9.86. The lowest BCUT2D eigenvalue weighted by Crippen LogP contribution is -2.52. The van der Waals surface area contributed by atoms with Gasteiger partial charge in [-0.1, -0.05) is 30.9 Å². The molecule has 4 bridgehead atoms. The molecule has 5 saturated carbocycles. The SMILES string of the molecule is COC(=O)c1nnn(C2CCCCCC2)c1COC12CC3CC(CC(C3)C1)C2. The van der Waals surface area contributed by atoms with Gasteiger partial charge in [-0.3, -0.25) is 0 Å². The van der Waals surface area contributed by atoms with Crippen LogP contribution in [0.2, 0.25) is 0 Å². The normalized spacial score (nSPS) is 35.1. The summed E-state index contributed by atoms with van der Waals surface area (Å²) in [5.74, 6) is 2.13. The van der Waals surface area contributed by atoms with E-state index in [1.165, 1.54) is 71.3 Å². The molecule has 5 aliphatic rings. The molecule has 5 aliphatic carbocycles. The summed E-state index contributed by atoms with van der Waals surface area (Å²) < 4.78 is 13.7. The summed E-state index contributed by atoms with van der Waals surface area (Å²) >= 11 is 0. The van der Waals surface area contributed by atoms with Crippen LogP contribution >= 0.6 is 0 Å². The topological polar surface area (TPSA) is 66.2 Å². The quantitative estimate of drug-likeness (QED) is 0.552. The number of hydrogen-bond donors (Lipinski definition) is 0. The molecule has 154 valence electrons. The van der Waals surface area contributed by atoms with Gasteiger partial charge in [0.05, 0.1) is 31.1 Å². The monoisotopic (exact) mass is 387 g/mol. The van der Waals surface area contributed by atoms with Crippen LogP contribution in [0.4, 0.5) is 0 Å². The van der Waals surface area contributed by atoms with E-state index in [4.69, 9.17) is 9.47 Å². The average Bonchev–Trinajstić information content (AvgIpc) is 2.90. The minimum absolute atomic E-state index is 0.0146. The molecule has 1 heterocycles. The molecule has 0 unspecified atom stereocenters. The van der Waals surface area contributed by atoms with E-state index in [2.05, 4.69) is 10.3 Å². The van der Waals surface area contributed by atoms with Crippen molar-refractivity contribution in [2.45, 2.75) is 95.3 Å². The molecule has 0 spiro atoms. The Labute approximate surface area is 167 Å². The second-order valence-electron chi connectivity index (χ2n) is 9.86. The van der Waals surface area contributed by atoms with Crippen molar-refractivity contribution in [2.75, 3.05) is 7.11 Å². The lowest BCUT2D eigenvalue weighted by Gasteiger charge is -2.56. The number of aromatic nitrogens is 3. The lowest BCUT2D eigenvalue weighted by atomic mass is 9.54. The van der Waals surface area contributed by atoms with Gasteiger partial charge in [-0.15, -0.1) is 5.10 Å². The molecule has 0 atom stereocenters. The van der Waals surface area contributed by atoms with Crippen LogP contribution in [0, 0.1) is 17.8 Å². The minimum Gasteiger partial charge on any atom is -0.464 e. The van der Waals surface area contributed by atoms with Gasteiger partial charge in [0, 0.05) is 0 Å². The predicted octanol–water partition coefficient (Wildman–Crippen LogP) is 4.45. The summed E-state index contributed by atoms with van der Waals surface area (Å²) in [6, 6.07) is 0.323. The van der Waals surface area contributed by atoms with E-state index in [1.807, 2.05) is 4.68 Å². The van der Waals surface area contributed by atoms with Crippen LogP contribution < -0.4 is 0 Å². The maximum Gasteiger partial charge on any atom is 0.360 e. The fourth-order valence-corrected chi connectivity index (χ4v) is 6.93. The minimum atomic E-state index is -0.399.